The van der Waals surface area contributed by atoms with Gasteiger partial charge in [0.25, 0.3) is 0 Å². The fourth-order valence-electron chi connectivity index (χ4n) is 3.86. The standard InChI is InChI=1S/C23H21F3N2O3S/c24-23(25,26)19-8-10-20(11-9-19)32(30,31)28-14-12-27(13-15-28)22(29)16-18-6-3-5-17-4-1-2-7-21(17)18/h1-11H,12-16H2. The lowest BCUT2D eigenvalue weighted by molar-refractivity contribution is -0.137. The molecule has 0 unspecified atom stereocenters. The van der Waals surface area contributed by atoms with Crippen molar-refractivity contribution in [1.29, 1.82) is 0 Å². The van der Waals surface area contributed by atoms with Crippen LogP contribution in [0.25, 0.3) is 10.8 Å². The fourth-order valence-corrected chi connectivity index (χ4v) is 5.29. The maximum atomic E-state index is 12.8. The summed E-state index contributed by atoms with van der Waals surface area (Å²) in [4.78, 5) is 14.3. The highest BCUT2D eigenvalue weighted by atomic mass is 32.2. The molecule has 1 amide bonds. The number of halogens is 3. The summed E-state index contributed by atoms with van der Waals surface area (Å²) in [5.41, 5.74) is 0.00760. The molecule has 0 radical (unpaired) electrons. The number of carbonyl (C=O) groups excluding carboxylic acids is 1. The van der Waals surface area contributed by atoms with Crippen molar-refractivity contribution in [3.05, 3.63) is 77.9 Å². The Morgan fingerprint density at radius 2 is 1.47 bits per heavy atom. The average molecular weight is 462 g/mol. The Morgan fingerprint density at radius 1 is 0.844 bits per heavy atom. The Hall–Kier alpha value is -2.91. The highest BCUT2D eigenvalue weighted by Crippen LogP contribution is 2.30. The molecule has 1 heterocycles. The molecule has 5 nitrogen and oxygen atoms in total. The average Bonchev–Trinajstić information content (AvgIpc) is 2.79. The van der Waals surface area contributed by atoms with Gasteiger partial charge in [-0.05, 0) is 40.6 Å². The van der Waals surface area contributed by atoms with Crippen molar-refractivity contribution >= 4 is 26.7 Å². The molecular formula is C23H21F3N2O3S. The molecule has 32 heavy (non-hydrogen) atoms. The molecule has 0 bridgehead atoms. The lowest BCUT2D eigenvalue weighted by atomic mass is 10.0. The minimum Gasteiger partial charge on any atom is -0.340 e. The summed E-state index contributed by atoms with van der Waals surface area (Å²) >= 11 is 0. The fraction of sp³-hybridized carbons (Fsp3) is 0.261. The van der Waals surface area contributed by atoms with Gasteiger partial charge in [-0.2, -0.15) is 17.5 Å². The first-order chi connectivity index (χ1) is 15.2. The van der Waals surface area contributed by atoms with E-state index in [1.54, 1.807) is 4.90 Å². The molecule has 3 aromatic rings. The van der Waals surface area contributed by atoms with Gasteiger partial charge in [-0.1, -0.05) is 42.5 Å². The third kappa shape index (κ3) is 4.49. The van der Waals surface area contributed by atoms with Crippen LogP contribution in [0.5, 0.6) is 0 Å². The molecule has 0 spiro atoms. The van der Waals surface area contributed by atoms with E-state index >= 15 is 0 Å². The van der Waals surface area contributed by atoms with Crippen LogP contribution in [-0.4, -0.2) is 49.7 Å². The van der Waals surface area contributed by atoms with E-state index in [1.807, 2.05) is 42.5 Å². The van der Waals surface area contributed by atoms with Crippen molar-refractivity contribution in [2.45, 2.75) is 17.5 Å². The van der Waals surface area contributed by atoms with Gasteiger partial charge in [0.05, 0.1) is 16.9 Å². The van der Waals surface area contributed by atoms with Crippen LogP contribution in [0.15, 0.2) is 71.6 Å². The molecular weight excluding hydrogens is 441 g/mol. The Morgan fingerprint density at radius 3 is 2.12 bits per heavy atom. The van der Waals surface area contributed by atoms with Gasteiger partial charge >= 0.3 is 6.18 Å². The topological polar surface area (TPSA) is 57.7 Å². The van der Waals surface area contributed by atoms with Crippen LogP contribution in [-0.2, 0) is 27.4 Å². The lowest BCUT2D eigenvalue weighted by Gasteiger charge is -2.34. The molecule has 168 valence electrons. The zero-order valence-electron chi connectivity index (χ0n) is 17.0. The Kier molecular flexibility index (Phi) is 5.96. The van der Waals surface area contributed by atoms with E-state index in [0.717, 1.165) is 40.6 Å². The van der Waals surface area contributed by atoms with Crippen LogP contribution in [0, 0.1) is 0 Å². The van der Waals surface area contributed by atoms with Crippen LogP contribution in [0.3, 0.4) is 0 Å². The zero-order valence-corrected chi connectivity index (χ0v) is 17.9. The molecule has 0 N–H and O–H groups in total. The van der Waals surface area contributed by atoms with E-state index in [0.29, 0.717) is 0 Å². The first-order valence-electron chi connectivity index (χ1n) is 10.1. The largest absolute Gasteiger partial charge is 0.416 e. The van der Waals surface area contributed by atoms with E-state index in [-0.39, 0.29) is 43.4 Å². The number of alkyl halides is 3. The van der Waals surface area contributed by atoms with Gasteiger partial charge in [-0.3, -0.25) is 4.79 Å². The Bertz CT molecular complexity index is 1230. The van der Waals surface area contributed by atoms with Crippen LogP contribution >= 0.6 is 0 Å². The van der Waals surface area contributed by atoms with Gasteiger partial charge < -0.3 is 4.90 Å². The molecule has 0 saturated carbocycles. The third-order valence-electron chi connectivity index (χ3n) is 5.63. The molecule has 1 aliphatic rings. The first-order valence-corrected chi connectivity index (χ1v) is 11.5. The van der Waals surface area contributed by atoms with Crippen molar-refractivity contribution in [2.24, 2.45) is 0 Å². The predicted molar refractivity (Wildman–Crippen MR) is 114 cm³/mol. The van der Waals surface area contributed by atoms with Gasteiger partial charge in [-0.15, -0.1) is 0 Å². The SMILES string of the molecule is O=C(Cc1cccc2ccccc12)N1CCN(S(=O)(=O)c2ccc(C(F)(F)F)cc2)CC1. The molecule has 9 heteroatoms. The summed E-state index contributed by atoms with van der Waals surface area (Å²) in [6.45, 7) is 0.627. The molecule has 0 aliphatic carbocycles. The summed E-state index contributed by atoms with van der Waals surface area (Å²) < 4.78 is 65.0. The number of piperazine rings is 1. The monoisotopic (exact) mass is 462 g/mol. The summed E-state index contributed by atoms with van der Waals surface area (Å²) in [5.74, 6) is -0.0899. The summed E-state index contributed by atoms with van der Waals surface area (Å²) in [5, 5.41) is 2.05. The Balaban J connectivity index is 1.41. The number of rotatable bonds is 4. The van der Waals surface area contributed by atoms with Gasteiger partial charge in [-0.25, -0.2) is 8.42 Å². The van der Waals surface area contributed by atoms with E-state index in [4.69, 9.17) is 0 Å². The van der Waals surface area contributed by atoms with Crippen molar-refractivity contribution in [1.82, 2.24) is 9.21 Å². The lowest BCUT2D eigenvalue weighted by Crippen LogP contribution is -2.50. The van der Waals surface area contributed by atoms with Crippen molar-refractivity contribution in [3.8, 4) is 0 Å². The quantitative estimate of drug-likeness (QED) is 0.590. The predicted octanol–water partition coefficient (Wildman–Crippen LogP) is 3.93. The van der Waals surface area contributed by atoms with Crippen LogP contribution in [0.1, 0.15) is 11.1 Å². The van der Waals surface area contributed by atoms with Crippen LogP contribution in [0.2, 0.25) is 0 Å². The van der Waals surface area contributed by atoms with Crippen molar-refractivity contribution in [2.75, 3.05) is 26.2 Å². The van der Waals surface area contributed by atoms with E-state index < -0.39 is 21.8 Å². The van der Waals surface area contributed by atoms with E-state index in [9.17, 15) is 26.4 Å². The van der Waals surface area contributed by atoms with Gasteiger partial charge in [0, 0.05) is 26.2 Å². The highest BCUT2D eigenvalue weighted by molar-refractivity contribution is 7.89. The normalized spacial score (nSPS) is 15.8. The minimum absolute atomic E-state index is 0.0879. The van der Waals surface area contributed by atoms with Gasteiger partial charge in [0.15, 0.2) is 0 Å². The van der Waals surface area contributed by atoms with E-state index in [2.05, 4.69) is 0 Å². The number of sulfonamides is 1. The highest BCUT2D eigenvalue weighted by Gasteiger charge is 2.33. The number of nitrogens with zero attached hydrogens (tertiary/aromatic N) is 2. The summed E-state index contributed by atoms with van der Waals surface area (Å²) in [6, 6.07) is 17.0. The molecule has 4 rings (SSSR count). The van der Waals surface area contributed by atoms with Crippen molar-refractivity contribution in [3.63, 3.8) is 0 Å². The maximum absolute atomic E-state index is 12.8. The van der Waals surface area contributed by atoms with Gasteiger partial charge in [0.2, 0.25) is 15.9 Å². The molecule has 0 aromatic heterocycles. The number of fused-ring (bicyclic) bond motifs is 1. The molecule has 1 saturated heterocycles. The number of hydrogen-bond acceptors (Lipinski definition) is 3. The van der Waals surface area contributed by atoms with Crippen LogP contribution in [0.4, 0.5) is 13.2 Å². The van der Waals surface area contributed by atoms with Gasteiger partial charge in [0.1, 0.15) is 0 Å². The molecule has 1 aliphatic heterocycles. The molecule has 3 aromatic carbocycles. The first kappa shape index (κ1) is 22.3. The maximum Gasteiger partial charge on any atom is 0.416 e. The second-order valence-corrected chi connectivity index (χ2v) is 9.56. The molecule has 0 atom stereocenters. The second-order valence-electron chi connectivity index (χ2n) is 7.62. The zero-order chi connectivity index (χ0) is 22.9. The molecule has 1 fully saturated rings. The number of benzene rings is 3. The van der Waals surface area contributed by atoms with Crippen LogP contribution < -0.4 is 0 Å². The second kappa shape index (κ2) is 8.55. The van der Waals surface area contributed by atoms with Crippen molar-refractivity contribution < 1.29 is 26.4 Å². The Labute approximate surface area is 184 Å². The van der Waals surface area contributed by atoms with E-state index in [1.165, 1.54) is 4.31 Å². The summed E-state index contributed by atoms with van der Waals surface area (Å²) in [7, 11) is -3.93. The third-order valence-corrected chi connectivity index (χ3v) is 7.55. The smallest absolute Gasteiger partial charge is 0.340 e. The number of carbonyl (C=O) groups is 1. The minimum atomic E-state index is -4.53. The summed E-state index contributed by atoms with van der Waals surface area (Å²) in [6.07, 6.45) is -4.31. The number of amides is 1. The number of hydrogen-bond donors (Lipinski definition) is 0.